The number of rotatable bonds is 2. The molecule has 0 radical (unpaired) electrons. The minimum atomic E-state index is -0.682. The van der Waals surface area contributed by atoms with Crippen LogP contribution in [0.3, 0.4) is 0 Å². The maximum atomic E-state index is 12.4. The molecule has 0 saturated carbocycles. The molecule has 0 unspecified atom stereocenters. The van der Waals surface area contributed by atoms with Crippen LogP contribution in [0.15, 0.2) is 66.0 Å². The third-order valence-corrected chi connectivity index (χ3v) is 3.81. The van der Waals surface area contributed by atoms with Crippen molar-refractivity contribution in [3.63, 3.8) is 0 Å². The number of anilines is 1. The summed E-state index contributed by atoms with van der Waals surface area (Å²) in [5, 5.41) is 6.14. The third kappa shape index (κ3) is 2.34. The minimum absolute atomic E-state index is 0.0115. The van der Waals surface area contributed by atoms with Gasteiger partial charge >= 0.3 is 5.91 Å². The molecule has 2 heterocycles. The Hall–Kier alpha value is -3.41. The van der Waals surface area contributed by atoms with Crippen LogP contribution in [0.4, 0.5) is 5.82 Å². The molecule has 0 bridgehead atoms. The van der Waals surface area contributed by atoms with E-state index in [0.717, 1.165) is 10.6 Å². The van der Waals surface area contributed by atoms with Gasteiger partial charge in [0, 0.05) is 5.39 Å². The number of carbonyl (C=O) groups is 2. The lowest BCUT2D eigenvalue weighted by Gasteiger charge is -2.22. The molecule has 1 amide bonds. The van der Waals surface area contributed by atoms with Gasteiger partial charge in [-0.3, -0.25) is 9.59 Å². The summed E-state index contributed by atoms with van der Waals surface area (Å²) in [7, 11) is 0. The van der Waals surface area contributed by atoms with E-state index in [-0.39, 0.29) is 6.42 Å². The Balaban J connectivity index is 1.88. The number of hydrazone groups is 1. The van der Waals surface area contributed by atoms with Crippen LogP contribution in [-0.4, -0.2) is 27.4 Å². The summed E-state index contributed by atoms with van der Waals surface area (Å²) in [5.41, 5.74) is 2.04. The van der Waals surface area contributed by atoms with Crippen molar-refractivity contribution in [2.45, 2.75) is 6.42 Å². The van der Waals surface area contributed by atoms with Crippen molar-refractivity contribution in [3.05, 3.63) is 66.5 Å². The molecule has 3 aromatic rings. The first-order valence-corrected chi connectivity index (χ1v) is 7.44. The number of benzene rings is 2. The Labute approximate surface area is 137 Å². The highest BCUT2D eigenvalue weighted by molar-refractivity contribution is 6.47. The second kappa shape index (κ2) is 5.66. The number of Topliss-reactive ketones (excluding diaryl/α,β-unsaturated/α-hetero) is 1. The first-order chi connectivity index (χ1) is 11.7. The fraction of sp³-hybridized carbons (Fsp3) is 0.0556. The summed E-state index contributed by atoms with van der Waals surface area (Å²) in [6, 6.07) is 16.6. The largest absolute Gasteiger partial charge is 0.316 e. The Morgan fingerprint density at radius 2 is 1.62 bits per heavy atom. The predicted octanol–water partition coefficient (Wildman–Crippen LogP) is 2.34. The van der Waals surface area contributed by atoms with Gasteiger partial charge in [-0.1, -0.05) is 42.5 Å². The molecule has 116 valence electrons. The van der Waals surface area contributed by atoms with Gasteiger partial charge < -0.3 is 0 Å². The molecule has 0 saturated heterocycles. The number of carbonyl (C=O) groups excluding carboxylic acids is 2. The van der Waals surface area contributed by atoms with E-state index in [2.05, 4.69) is 15.1 Å². The van der Waals surface area contributed by atoms with Crippen molar-refractivity contribution >= 4 is 34.1 Å². The second-order valence-electron chi connectivity index (χ2n) is 5.34. The Kier molecular flexibility index (Phi) is 3.35. The number of hydrogen-bond donors (Lipinski definition) is 0. The van der Waals surface area contributed by atoms with E-state index in [4.69, 9.17) is 0 Å². The minimum Gasteiger partial charge on any atom is -0.288 e. The summed E-state index contributed by atoms with van der Waals surface area (Å²) in [6.45, 7) is 0. The molecule has 0 fully saturated rings. The highest BCUT2D eigenvalue weighted by Gasteiger charge is 2.32. The molecular formula is C18H12N4O2. The molecule has 2 aromatic carbocycles. The van der Waals surface area contributed by atoms with Crippen LogP contribution >= 0.6 is 0 Å². The van der Waals surface area contributed by atoms with Crippen molar-refractivity contribution in [2.75, 3.05) is 5.01 Å². The predicted molar refractivity (Wildman–Crippen MR) is 89.6 cm³/mol. The second-order valence-corrected chi connectivity index (χ2v) is 5.34. The van der Waals surface area contributed by atoms with Gasteiger partial charge in [-0.2, -0.15) is 10.1 Å². The van der Waals surface area contributed by atoms with E-state index >= 15 is 0 Å². The summed E-state index contributed by atoms with van der Waals surface area (Å²) in [5.74, 6) is -0.878. The van der Waals surface area contributed by atoms with E-state index in [0.29, 0.717) is 22.4 Å². The van der Waals surface area contributed by atoms with Gasteiger partial charge in [0.1, 0.15) is 6.33 Å². The Bertz CT molecular complexity index is 977. The van der Waals surface area contributed by atoms with Crippen LogP contribution in [0.5, 0.6) is 0 Å². The maximum absolute atomic E-state index is 12.4. The van der Waals surface area contributed by atoms with Crippen LogP contribution in [-0.2, 0) is 9.59 Å². The monoisotopic (exact) mass is 316 g/mol. The number of amides is 1. The Morgan fingerprint density at radius 1 is 0.875 bits per heavy atom. The van der Waals surface area contributed by atoms with Crippen molar-refractivity contribution in [2.24, 2.45) is 5.10 Å². The molecule has 0 spiro atoms. The van der Waals surface area contributed by atoms with Crippen LogP contribution in [0.2, 0.25) is 0 Å². The van der Waals surface area contributed by atoms with Crippen molar-refractivity contribution < 1.29 is 9.59 Å². The van der Waals surface area contributed by atoms with Gasteiger partial charge in [0.15, 0.2) is 5.82 Å². The normalized spacial score (nSPS) is 14.8. The average Bonchev–Trinajstić information content (AvgIpc) is 2.64. The lowest BCUT2D eigenvalue weighted by Crippen LogP contribution is -2.39. The third-order valence-electron chi connectivity index (χ3n) is 3.81. The van der Waals surface area contributed by atoms with E-state index < -0.39 is 11.7 Å². The fourth-order valence-electron chi connectivity index (χ4n) is 2.64. The SMILES string of the molecule is O=C1CC(c2ccccc2)=NN(c2ncnc3ccccc23)C1=O. The molecule has 0 aliphatic carbocycles. The molecular weight excluding hydrogens is 304 g/mol. The molecule has 0 N–H and O–H groups in total. The van der Waals surface area contributed by atoms with Crippen LogP contribution in [0.1, 0.15) is 12.0 Å². The topological polar surface area (TPSA) is 75.5 Å². The van der Waals surface area contributed by atoms with Crippen molar-refractivity contribution in [3.8, 4) is 0 Å². The molecule has 1 aliphatic heterocycles. The summed E-state index contributed by atoms with van der Waals surface area (Å²) in [4.78, 5) is 32.9. The number of fused-ring (bicyclic) bond motifs is 1. The summed E-state index contributed by atoms with van der Waals surface area (Å²) in [6.07, 6.45) is 1.35. The highest BCUT2D eigenvalue weighted by Crippen LogP contribution is 2.25. The number of aromatic nitrogens is 2. The maximum Gasteiger partial charge on any atom is 0.316 e. The number of ketones is 1. The molecule has 24 heavy (non-hydrogen) atoms. The first kappa shape index (κ1) is 14.2. The zero-order chi connectivity index (χ0) is 16.5. The lowest BCUT2D eigenvalue weighted by molar-refractivity contribution is -0.136. The zero-order valence-electron chi connectivity index (χ0n) is 12.6. The first-order valence-electron chi connectivity index (χ1n) is 7.44. The van der Waals surface area contributed by atoms with Gasteiger partial charge in [-0.25, -0.2) is 9.97 Å². The van der Waals surface area contributed by atoms with Crippen molar-refractivity contribution in [1.82, 2.24) is 9.97 Å². The number of hydrogen-bond acceptors (Lipinski definition) is 5. The van der Waals surface area contributed by atoms with Crippen LogP contribution in [0, 0.1) is 0 Å². The van der Waals surface area contributed by atoms with Crippen LogP contribution < -0.4 is 5.01 Å². The molecule has 6 nitrogen and oxygen atoms in total. The molecule has 4 rings (SSSR count). The smallest absolute Gasteiger partial charge is 0.288 e. The average molecular weight is 316 g/mol. The highest BCUT2D eigenvalue weighted by atomic mass is 16.2. The van der Waals surface area contributed by atoms with Gasteiger partial charge in [0.2, 0.25) is 5.78 Å². The van der Waals surface area contributed by atoms with Crippen LogP contribution in [0.25, 0.3) is 10.9 Å². The van der Waals surface area contributed by atoms with Gasteiger partial charge in [0.25, 0.3) is 0 Å². The van der Waals surface area contributed by atoms with E-state index in [1.54, 1.807) is 6.07 Å². The van der Waals surface area contributed by atoms with E-state index in [9.17, 15) is 9.59 Å². The molecule has 6 heteroatoms. The number of para-hydroxylation sites is 1. The fourth-order valence-corrected chi connectivity index (χ4v) is 2.64. The van der Waals surface area contributed by atoms with E-state index in [1.807, 2.05) is 48.5 Å². The van der Waals surface area contributed by atoms with Gasteiger partial charge in [0.05, 0.1) is 17.6 Å². The molecule has 0 atom stereocenters. The Morgan fingerprint density at radius 3 is 2.46 bits per heavy atom. The van der Waals surface area contributed by atoms with E-state index in [1.165, 1.54) is 6.33 Å². The molecule has 1 aliphatic rings. The quantitative estimate of drug-likeness (QED) is 0.680. The van der Waals surface area contributed by atoms with Crippen molar-refractivity contribution in [1.29, 1.82) is 0 Å². The molecule has 1 aromatic heterocycles. The number of nitrogens with zero attached hydrogens (tertiary/aromatic N) is 4. The van der Waals surface area contributed by atoms with Gasteiger partial charge in [-0.15, -0.1) is 0 Å². The summed E-state index contributed by atoms with van der Waals surface area (Å²) >= 11 is 0. The summed E-state index contributed by atoms with van der Waals surface area (Å²) < 4.78 is 0. The zero-order valence-corrected chi connectivity index (χ0v) is 12.6. The lowest BCUT2D eigenvalue weighted by atomic mass is 10.0. The van der Waals surface area contributed by atoms with Gasteiger partial charge in [-0.05, 0) is 17.7 Å². The standard InChI is InChI=1S/C18H12N4O2/c23-16-10-15(12-6-2-1-3-7-12)21-22(18(16)24)17-13-8-4-5-9-14(13)19-11-20-17/h1-9,11H,10H2.